The molecular weight excluding hydrogens is 356 g/mol. The maximum atomic E-state index is 12.7. The van der Waals surface area contributed by atoms with E-state index in [4.69, 9.17) is 0 Å². The van der Waals surface area contributed by atoms with Gasteiger partial charge in [-0.1, -0.05) is 6.92 Å². The molecule has 10 heteroatoms. The van der Waals surface area contributed by atoms with Crippen molar-refractivity contribution in [1.29, 1.82) is 0 Å². The number of amides is 1. The van der Waals surface area contributed by atoms with Gasteiger partial charge in [0.1, 0.15) is 0 Å². The van der Waals surface area contributed by atoms with Gasteiger partial charge in [0.05, 0.1) is 17.0 Å². The zero-order valence-corrected chi connectivity index (χ0v) is 12.8. The predicted octanol–water partition coefficient (Wildman–Crippen LogP) is 3.86. The molecule has 1 aromatic carbocycles. The number of benzene rings is 1. The quantitative estimate of drug-likeness (QED) is 0.648. The van der Waals surface area contributed by atoms with E-state index in [-0.39, 0.29) is 17.9 Å². The maximum Gasteiger partial charge on any atom is 0.416 e. The van der Waals surface area contributed by atoms with Crippen molar-refractivity contribution in [3.05, 3.63) is 29.3 Å². The number of nitrogens with one attached hydrogen (secondary N) is 1. The van der Waals surface area contributed by atoms with E-state index in [1.54, 1.807) is 6.92 Å². The Morgan fingerprint density at radius 1 is 1.08 bits per heavy atom. The Morgan fingerprint density at radius 3 is 1.96 bits per heavy atom. The summed E-state index contributed by atoms with van der Waals surface area (Å²) in [6.45, 7) is 1.01. The lowest BCUT2D eigenvalue weighted by molar-refractivity contribution is -0.148. The van der Waals surface area contributed by atoms with Crippen molar-refractivity contribution in [2.75, 3.05) is 11.9 Å². The summed E-state index contributed by atoms with van der Waals surface area (Å²) in [6, 6.07) is 0.694. The standard InChI is InChI=1S/C15H13F6NO3/c1-7-2-11(7)13(24)25-6-12(23)22-10-4-8(14(16,17)18)3-9(5-10)15(19,20)21/h3-5,7,11H,2,6H2,1H3,(H,22,23)/t7-,11-/m0/s1. The van der Waals surface area contributed by atoms with Crippen molar-refractivity contribution in [3.8, 4) is 0 Å². The maximum absolute atomic E-state index is 12.7. The molecule has 0 saturated heterocycles. The van der Waals surface area contributed by atoms with Crippen LogP contribution in [-0.2, 0) is 26.7 Å². The first-order valence-electron chi connectivity index (χ1n) is 7.14. The highest BCUT2D eigenvalue weighted by molar-refractivity contribution is 5.93. The summed E-state index contributed by atoms with van der Waals surface area (Å²) < 4.78 is 80.9. The molecule has 1 fully saturated rings. The number of halogens is 6. The molecule has 2 atom stereocenters. The lowest BCUT2D eigenvalue weighted by Gasteiger charge is -2.14. The molecule has 0 radical (unpaired) electrons. The molecule has 1 amide bonds. The topological polar surface area (TPSA) is 55.4 Å². The van der Waals surface area contributed by atoms with Gasteiger partial charge < -0.3 is 10.1 Å². The molecule has 25 heavy (non-hydrogen) atoms. The van der Waals surface area contributed by atoms with Gasteiger partial charge in [0.25, 0.3) is 5.91 Å². The van der Waals surface area contributed by atoms with Crippen molar-refractivity contribution in [2.24, 2.45) is 11.8 Å². The van der Waals surface area contributed by atoms with Gasteiger partial charge >= 0.3 is 18.3 Å². The number of alkyl halides is 6. The molecular formula is C15H13F6NO3. The van der Waals surface area contributed by atoms with E-state index in [1.807, 2.05) is 5.32 Å². The number of hydrogen-bond donors (Lipinski definition) is 1. The number of rotatable bonds is 4. The van der Waals surface area contributed by atoms with E-state index < -0.39 is 47.7 Å². The Kier molecular flexibility index (Phi) is 5.01. The molecule has 2 rings (SSSR count). The van der Waals surface area contributed by atoms with Crippen LogP contribution in [0.3, 0.4) is 0 Å². The van der Waals surface area contributed by atoms with E-state index >= 15 is 0 Å². The van der Waals surface area contributed by atoms with Crippen LogP contribution in [0.15, 0.2) is 18.2 Å². The molecule has 4 nitrogen and oxygen atoms in total. The number of carbonyl (C=O) groups is 2. The summed E-state index contributed by atoms with van der Waals surface area (Å²) in [5, 5.41) is 1.88. The van der Waals surface area contributed by atoms with E-state index in [9.17, 15) is 35.9 Å². The molecule has 1 saturated carbocycles. The van der Waals surface area contributed by atoms with Crippen molar-refractivity contribution in [2.45, 2.75) is 25.7 Å². The molecule has 0 spiro atoms. The highest BCUT2D eigenvalue weighted by Gasteiger charge is 2.41. The van der Waals surface area contributed by atoms with E-state index in [2.05, 4.69) is 4.74 Å². The van der Waals surface area contributed by atoms with Gasteiger partial charge in [0, 0.05) is 5.69 Å². The first-order chi connectivity index (χ1) is 11.4. The Bertz CT molecular complexity index is 651. The van der Waals surface area contributed by atoms with Gasteiger partial charge in [-0.2, -0.15) is 26.3 Å². The first-order valence-corrected chi connectivity index (χ1v) is 7.14. The van der Waals surface area contributed by atoms with Crippen LogP contribution in [0.2, 0.25) is 0 Å². The van der Waals surface area contributed by atoms with Crippen molar-refractivity contribution < 1.29 is 40.7 Å². The van der Waals surface area contributed by atoms with Gasteiger partial charge in [-0.25, -0.2) is 0 Å². The van der Waals surface area contributed by atoms with Crippen LogP contribution in [0.5, 0.6) is 0 Å². The second kappa shape index (κ2) is 6.57. The van der Waals surface area contributed by atoms with Crippen LogP contribution in [0.1, 0.15) is 24.5 Å². The summed E-state index contributed by atoms with van der Waals surface area (Å²) in [4.78, 5) is 23.1. The third-order valence-corrected chi connectivity index (χ3v) is 3.63. The molecule has 1 aromatic rings. The predicted molar refractivity (Wildman–Crippen MR) is 73.3 cm³/mol. The molecule has 1 aliphatic carbocycles. The monoisotopic (exact) mass is 369 g/mol. The molecule has 0 aromatic heterocycles. The minimum atomic E-state index is -5.02. The third kappa shape index (κ3) is 5.10. The third-order valence-electron chi connectivity index (χ3n) is 3.63. The molecule has 1 N–H and O–H groups in total. The van der Waals surface area contributed by atoms with Crippen molar-refractivity contribution in [1.82, 2.24) is 0 Å². The van der Waals surface area contributed by atoms with Crippen molar-refractivity contribution >= 4 is 17.6 Å². The van der Waals surface area contributed by atoms with Gasteiger partial charge in [-0.15, -0.1) is 0 Å². The first kappa shape index (κ1) is 19.1. The SMILES string of the molecule is C[C@H]1C[C@@H]1C(=O)OCC(=O)Nc1cc(C(F)(F)F)cc(C(F)(F)F)c1. The van der Waals surface area contributed by atoms with Crippen molar-refractivity contribution in [3.63, 3.8) is 0 Å². The van der Waals surface area contributed by atoms with Crippen LogP contribution in [-0.4, -0.2) is 18.5 Å². The minimum absolute atomic E-state index is 0.0514. The molecule has 0 bridgehead atoms. The van der Waals surface area contributed by atoms with Crippen LogP contribution in [0, 0.1) is 11.8 Å². The lowest BCUT2D eigenvalue weighted by atomic mass is 10.1. The van der Waals surface area contributed by atoms with Gasteiger partial charge in [0.2, 0.25) is 0 Å². The average Bonchev–Trinajstić information content (AvgIpc) is 3.19. The molecule has 1 aliphatic rings. The summed E-state index contributed by atoms with van der Waals surface area (Å²) in [5.41, 5.74) is -3.80. The minimum Gasteiger partial charge on any atom is -0.455 e. The molecule has 0 aliphatic heterocycles. The number of carbonyl (C=O) groups excluding carboxylic acids is 2. The molecule has 138 valence electrons. The fourth-order valence-corrected chi connectivity index (χ4v) is 2.12. The van der Waals surface area contributed by atoms with Crippen LogP contribution < -0.4 is 5.32 Å². The number of hydrogen-bond acceptors (Lipinski definition) is 3. The van der Waals surface area contributed by atoms with E-state index in [0.717, 1.165) is 0 Å². The van der Waals surface area contributed by atoms with Crippen LogP contribution in [0.25, 0.3) is 0 Å². The normalized spacial score (nSPS) is 20.1. The fourth-order valence-electron chi connectivity index (χ4n) is 2.12. The highest BCUT2D eigenvalue weighted by Crippen LogP contribution is 2.39. The second-order valence-electron chi connectivity index (χ2n) is 5.77. The molecule has 0 heterocycles. The summed E-state index contributed by atoms with van der Waals surface area (Å²) >= 11 is 0. The summed E-state index contributed by atoms with van der Waals surface area (Å²) in [5.74, 6) is -1.84. The number of esters is 1. The Labute approximate surface area is 138 Å². The Morgan fingerprint density at radius 2 is 1.56 bits per heavy atom. The Balaban J connectivity index is 2.09. The lowest BCUT2D eigenvalue weighted by Crippen LogP contribution is -2.22. The summed E-state index contributed by atoms with van der Waals surface area (Å²) in [6.07, 6.45) is -9.42. The fraction of sp³-hybridized carbons (Fsp3) is 0.467. The average molecular weight is 369 g/mol. The zero-order valence-electron chi connectivity index (χ0n) is 12.8. The van der Waals surface area contributed by atoms with Crippen LogP contribution >= 0.6 is 0 Å². The zero-order chi connectivity index (χ0) is 19.0. The van der Waals surface area contributed by atoms with Gasteiger partial charge in [0.15, 0.2) is 6.61 Å². The molecule has 0 unspecified atom stereocenters. The smallest absolute Gasteiger partial charge is 0.416 e. The van der Waals surface area contributed by atoms with Gasteiger partial charge in [-0.3, -0.25) is 9.59 Å². The highest BCUT2D eigenvalue weighted by atomic mass is 19.4. The second-order valence-corrected chi connectivity index (χ2v) is 5.77. The van der Waals surface area contributed by atoms with Gasteiger partial charge in [-0.05, 0) is 30.5 Å². The summed E-state index contributed by atoms with van der Waals surface area (Å²) in [7, 11) is 0. The van der Waals surface area contributed by atoms with E-state index in [1.165, 1.54) is 0 Å². The number of ether oxygens (including phenoxy) is 1. The largest absolute Gasteiger partial charge is 0.455 e. The number of anilines is 1. The van der Waals surface area contributed by atoms with E-state index in [0.29, 0.717) is 18.6 Å². The Hall–Kier alpha value is -2.26. The van der Waals surface area contributed by atoms with Crippen LogP contribution in [0.4, 0.5) is 32.0 Å².